The monoisotopic (exact) mass is 397 g/mol. The SMILES string of the molecule is CCCCCCCCOC(=O)NC(C(=O)OCCCC(C)C)C1CCCCC1. The zero-order valence-corrected chi connectivity index (χ0v) is 18.5. The third-order valence-electron chi connectivity index (χ3n) is 5.55. The first-order valence-corrected chi connectivity index (χ1v) is 11.6. The largest absolute Gasteiger partial charge is 0.464 e. The Hall–Kier alpha value is -1.26. The topological polar surface area (TPSA) is 64.6 Å². The molecule has 1 amide bonds. The lowest BCUT2D eigenvalue weighted by atomic mass is 9.84. The van der Waals surface area contributed by atoms with E-state index in [4.69, 9.17) is 9.47 Å². The van der Waals surface area contributed by atoms with E-state index in [0.717, 1.165) is 51.4 Å². The smallest absolute Gasteiger partial charge is 0.407 e. The van der Waals surface area contributed by atoms with Gasteiger partial charge in [-0.15, -0.1) is 0 Å². The maximum absolute atomic E-state index is 12.6. The van der Waals surface area contributed by atoms with E-state index in [2.05, 4.69) is 26.1 Å². The Labute approximate surface area is 172 Å². The predicted molar refractivity (Wildman–Crippen MR) is 113 cm³/mol. The Balaban J connectivity index is 2.37. The van der Waals surface area contributed by atoms with Crippen LogP contribution in [0.5, 0.6) is 0 Å². The molecule has 0 aromatic carbocycles. The summed E-state index contributed by atoms with van der Waals surface area (Å²) in [5, 5.41) is 2.81. The van der Waals surface area contributed by atoms with Crippen molar-refractivity contribution in [2.45, 2.75) is 110 Å². The predicted octanol–water partition coefficient (Wildman–Crippen LogP) is 6.00. The molecule has 0 aliphatic heterocycles. The maximum Gasteiger partial charge on any atom is 0.407 e. The Morgan fingerprint density at radius 3 is 2.21 bits per heavy atom. The summed E-state index contributed by atoms with van der Waals surface area (Å²) in [7, 11) is 0. The van der Waals surface area contributed by atoms with Crippen LogP contribution in [0.1, 0.15) is 104 Å². The molecule has 1 aliphatic rings. The van der Waals surface area contributed by atoms with Gasteiger partial charge in [0.15, 0.2) is 0 Å². The number of nitrogens with one attached hydrogen (secondary N) is 1. The molecule has 1 aliphatic carbocycles. The lowest BCUT2D eigenvalue weighted by molar-refractivity contribution is -0.148. The molecule has 5 heteroatoms. The third-order valence-corrected chi connectivity index (χ3v) is 5.55. The van der Waals surface area contributed by atoms with Crippen LogP contribution in [0, 0.1) is 11.8 Å². The first kappa shape index (κ1) is 24.8. The van der Waals surface area contributed by atoms with E-state index in [-0.39, 0.29) is 11.9 Å². The van der Waals surface area contributed by atoms with Gasteiger partial charge in [0.05, 0.1) is 13.2 Å². The molecule has 1 atom stereocenters. The minimum absolute atomic E-state index is 0.160. The first-order chi connectivity index (χ1) is 13.5. The second-order valence-corrected chi connectivity index (χ2v) is 8.63. The van der Waals surface area contributed by atoms with E-state index in [0.29, 0.717) is 19.1 Å². The Morgan fingerprint density at radius 1 is 0.893 bits per heavy atom. The number of rotatable bonds is 14. The molecule has 0 aromatic heterocycles. The van der Waals surface area contributed by atoms with E-state index in [1.54, 1.807) is 0 Å². The summed E-state index contributed by atoms with van der Waals surface area (Å²) >= 11 is 0. The van der Waals surface area contributed by atoms with Crippen LogP contribution in [-0.4, -0.2) is 31.3 Å². The van der Waals surface area contributed by atoms with Crippen molar-refractivity contribution in [1.29, 1.82) is 0 Å². The van der Waals surface area contributed by atoms with Gasteiger partial charge in [0.2, 0.25) is 0 Å². The van der Waals surface area contributed by atoms with Crippen LogP contribution in [-0.2, 0) is 14.3 Å². The van der Waals surface area contributed by atoms with Crippen molar-refractivity contribution in [2.24, 2.45) is 11.8 Å². The van der Waals surface area contributed by atoms with Crippen LogP contribution in [0.25, 0.3) is 0 Å². The average Bonchev–Trinajstić information content (AvgIpc) is 2.69. The zero-order chi connectivity index (χ0) is 20.6. The molecule has 1 N–H and O–H groups in total. The van der Waals surface area contributed by atoms with Gasteiger partial charge in [-0.1, -0.05) is 72.1 Å². The number of carbonyl (C=O) groups excluding carboxylic acids is 2. The van der Waals surface area contributed by atoms with Crippen LogP contribution in [0.3, 0.4) is 0 Å². The fourth-order valence-corrected chi connectivity index (χ4v) is 3.81. The minimum atomic E-state index is -0.573. The highest BCUT2D eigenvalue weighted by Crippen LogP contribution is 2.27. The molecule has 0 radical (unpaired) electrons. The highest BCUT2D eigenvalue weighted by Gasteiger charge is 2.32. The number of amides is 1. The van der Waals surface area contributed by atoms with E-state index in [1.165, 1.54) is 32.1 Å². The van der Waals surface area contributed by atoms with E-state index in [9.17, 15) is 9.59 Å². The Morgan fingerprint density at radius 2 is 1.54 bits per heavy atom. The maximum atomic E-state index is 12.6. The summed E-state index contributed by atoms with van der Waals surface area (Å²) in [6, 6.07) is -0.573. The quantitative estimate of drug-likeness (QED) is 0.288. The summed E-state index contributed by atoms with van der Waals surface area (Å²) in [6.45, 7) is 7.36. The van der Waals surface area contributed by atoms with Crippen molar-refractivity contribution in [3.63, 3.8) is 0 Å². The second-order valence-electron chi connectivity index (χ2n) is 8.63. The van der Waals surface area contributed by atoms with Gasteiger partial charge in [-0.3, -0.25) is 0 Å². The van der Waals surface area contributed by atoms with Gasteiger partial charge < -0.3 is 14.8 Å². The molecular weight excluding hydrogens is 354 g/mol. The summed E-state index contributed by atoms with van der Waals surface area (Å²) in [6.07, 6.45) is 13.7. The summed E-state index contributed by atoms with van der Waals surface area (Å²) in [4.78, 5) is 24.8. The van der Waals surface area contributed by atoms with Crippen molar-refractivity contribution in [3.05, 3.63) is 0 Å². The van der Waals surface area contributed by atoms with Crippen LogP contribution < -0.4 is 5.32 Å². The van der Waals surface area contributed by atoms with E-state index in [1.807, 2.05) is 0 Å². The molecule has 1 rings (SSSR count). The molecule has 0 aromatic rings. The van der Waals surface area contributed by atoms with Gasteiger partial charge in [-0.2, -0.15) is 0 Å². The fourth-order valence-electron chi connectivity index (χ4n) is 3.81. The van der Waals surface area contributed by atoms with E-state index < -0.39 is 12.1 Å². The molecule has 0 spiro atoms. The summed E-state index contributed by atoms with van der Waals surface area (Å²) < 4.78 is 10.8. The van der Waals surface area contributed by atoms with Gasteiger partial charge in [0, 0.05) is 0 Å². The molecule has 0 saturated heterocycles. The van der Waals surface area contributed by atoms with E-state index >= 15 is 0 Å². The number of hydrogen-bond acceptors (Lipinski definition) is 4. The van der Waals surface area contributed by atoms with Gasteiger partial charge in [-0.25, -0.2) is 9.59 Å². The van der Waals surface area contributed by atoms with Crippen molar-refractivity contribution in [3.8, 4) is 0 Å². The van der Waals surface area contributed by atoms with Crippen molar-refractivity contribution in [1.82, 2.24) is 5.32 Å². The summed E-state index contributed by atoms with van der Waals surface area (Å²) in [5.41, 5.74) is 0. The van der Waals surface area contributed by atoms with Crippen LogP contribution in [0.2, 0.25) is 0 Å². The lowest BCUT2D eigenvalue weighted by Crippen LogP contribution is -2.47. The first-order valence-electron chi connectivity index (χ1n) is 11.6. The van der Waals surface area contributed by atoms with Crippen LogP contribution >= 0.6 is 0 Å². The average molecular weight is 398 g/mol. The van der Waals surface area contributed by atoms with Gasteiger partial charge in [-0.05, 0) is 43.9 Å². The molecule has 1 saturated carbocycles. The van der Waals surface area contributed by atoms with Crippen molar-refractivity contribution in [2.75, 3.05) is 13.2 Å². The minimum Gasteiger partial charge on any atom is -0.464 e. The molecule has 0 heterocycles. The van der Waals surface area contributed by atoms with Crippen LogP contribution in [0.15, 0.2) is 0 Å². The van der Waals surface area contributed by atoms with Gasteiger partial charge in [0.25, 0.3) is 0 Å². The summed E-state index contributed by atoms with van der Waals surface area (Å²) in [5.74, 6) is 0.461. The third kappa shape index (κ3) is 11.6. The molecule has 1 unspecified atom stereocenters. The molecule has 28 heavy (non-hydrogen) atoms. The van der Waals surface area contributed by atoms with Crippen LogP contribution in [0.4, 0.5) is 4.79 Å². The Kier molecular flexibility index (Phi) is 13.8. The van der Waals surface area contributed by atoms with Crippen molar-refractivity contribution >= 4 is 12.1 Å². The number of carbonyl (C=O) groups is 2. The number of hydrogen-bond donors (Lipinski definition) is 1. The number of alkyl carbamates (subject to hydrolysis) is 1. The molecule has 1 fully saturated rings. The number of ether oxygens (including phenoxy) is 2. The Bertz CT molecular complexity index is 419. The van der Waals surface area contributed by atoms with Gasteiger partial charge in [0.1, 0.15) is 6.04 Å². The fraction of sp³-hybridized carbons (Fsp3) is 0.913. The molecule has 0 bridgehead atoms. The second kappa shape index (κ2) is 15.6. The van der Waals surface area contributed by atoms with Gasteiger partial charge >= 0.3 is 12.1 Å². The normalized spacial score (nSPS) is 16.0. The highest BCUT2D eigenvalue weighted by atomic mass is 16.6. The number of unbranched alkanes of at least 4 members (excludes halogenated alkanes) is 5. The molecular formula is C23H43NO4. The number of esters is 1. The molecule has 164 valence electrons. The van der Waals surface area contributed by atoms with Crippen molar-refractivity contribution < 1.29 is 19.1 Å². The lowest BCUT2D eigenvalue weighted by Gasteiger charge is -2.29. The molecule has 5 nitrogen and oxygen atoms in total. The highest BCUT2D eigenvalue weighted by molar-refractivity contribution is 5.81. The zero-order valence-electron chi connectivity index (χ0n) is 18.5. The standard InChI is InChI=1S/C23H43NO4/c1-4-5-6-7-8-12-17-28-23(26)24-21(20-15-10-9-11-16-20)22(25)27-18-13-14-19(2)3/h19-21H,4-18H2,1-3H3,(H,24,26).